The van der Waals surface area contributed by atoms with E-state index >= 15 is 0 Å². The summed E-state index contributed by atoms with van der Waals surface area (Å²) < 4.78 is 60.2. The Morgan fingerprint density at radius 2 is 2.12 bits per heavy atom. The predicted octanol–water partition coefficient (Wildman–Crippen LogP) is 2.41. The SMILES string of the molecule is O=C(Nc1nn(CC(F)(F)F)cc1Br)C(F)F. The van der Waals surface area contributed by atoms with Crippen LogP contribution in [-0.2, 0) is 11.3 Å². The molecule has 0 saturated carbocycles. The van der Waals surface area contributed by atoms with E-state index in [-0.39, 0.29) is 10.3 Å². The number of anilines is 1. The van der Waals surface area contributed by atoms with Gasteiger partial charge >= 0.3 is 12.6 Å². The van der Waals surface area contributed by atoms with E-state index in [9.17, 15) is 26.7 Å². The Hall–Kier alpha value is -1.19. The lowest BCUT2D eigenvalue weighted by molar-refractivity contribution is -0.142. The van der Waals surface area contributed by atoms with Crippen molar-refractivity contribution < 1.29 is 26.7 Å². The third-order valence-corrected chi connectivity index (χ3v) is 2.08. The first-order valence-corrected chi connectivity index (χ1v) is 4.87. The largest absolute Gasteiger partial charge is 0.408 e. The number of hydrogen-bond acceptors (Lipinski definition) is 2. The molecule has 0 aliphatic heterocycles. The number of amides is 1. The zero-order chi connectivity index (χ0) is 13.2. The van der Waals surface area contributed by atoms with Gasteiger partial charge in [-0.05, 0) is 15.9 Å². The maximum Gasteiger partial charge on any atom is 0.408 e. The topological polar surface area (TPSA) is 46.9 Å². The first-order chi connectivity index (χ1) is 7.69. The molecule has 0 aliphatic rings. The van der Waals surface area contributed by atoms with E-state index in [2.05, 4.69) is 21.0 Å². The smallest absolute Gasteiger partial charge is 0.303 e. The van der Waals surface area contributed by atoms with Gasteiger partial charge in [0.05, 0.1) is 4.47 Å². The fourth-order valence-corrected chi connectivity index (χ4v) is 1.33. The molecule has 1 N–H and O–H groups in total. The Morgan fingerprint density at radius 1 is 1.53 bits per heavy atom. The van der Waals surface area contributed by atoms with Crippen LogP contribution in [0, 0.1) is 0 Å². The maximum absolute atomic E-state index is 12.0. The highest BCUT2D eigenvalue weighted by molar-refractivity contribution is 9.10. The van der Waals surface area contributed by atoms with E-state index in [1.54, 1.807) is 5.32 Å². The van der Waals surface area contributed by atoms with Crippen LogP contribution >= 0.6 is 15.9 Å². The highest BCUT2D eigenvalue weighted by atomic mass is 79.9. The number of carbonyl (C=O) groups is 1. The van der Waals surface area contributed by atoms with Crippen molar-refractivity contribution in [2.45, 2.75) is 19.1 Å². The summed E-state index contributed by atoms with van der Waals surface area (Å²) in [6.07, 6.45) is -6.83. The number of aromatic nitrogens is 2. The van der Waals surface area contributed by atoms with Crippen molar-refractivity contribution in [2.24, 2.45) is 0 Å². The lowest BCUT2D eigenvalue weighted by Crippen LogP contribution is -2.21. The fraction of sp³-hybridized carbons (Fsp3) is 0.429. The lowest BCUT2D eigenvalue weighted by Gasteiger charge is -2.05. The molecule has 0 fully saturated rings. The summed E-state index contributed by atoms with van der Waals surface area (Å²) in [5, 5.41) is 4.98. The van der Waals surface area contributed by atoms with Crippen LogP contribution in [0.25, 0.3) is 0 Å². The molecule has 0 unspecified atom stereocenters. The number of nitrogens with one attached hydrogen (secondary N) is 1. The zero-order valence-corrected chi connectivity index (χ0v) is 9.52. The Balaban J connectivity index is 2.79. The highest BCUT2D eigenvalue weighted by Crippen LogP contribution is 2.23. The van der Waals surface area contributed by atoms with E-state index in [1.807, 2.05) is 0 Å². The van der Waals surface area contributed by atoms with Gasteiger partial charge < -0.3 is 5.32 Å². The summed E-state index contributed by atoms with van der Waals surface area (Å²) in [6, 6.07) is 0. The average Bonchev–Trinajstić information content (AvgIpc) is 2.43. The van der Waals surface area contributed by atoms with Crippen molar-refractivity contribution in [2.75, 3.05) is 5.32 Å². The number of rotatable bonds is 3. The van der Waals surface area contributed by atoms with Crippen LogP contribution < -0.4 is 5.32 Å². The van der Waals surface area contributed by atoms with Crippen molar-refractivity contribution in [1.29, 1.82) is 0 Å². The molecule has 0 radical (unpaired) electrons. The Labute approximate surface area is 99.9 Å². The summed E-state index contributed by atoms with van der Waals surface area (Å²) in [6.45, 7) is -1.38. The number of hydrogen-bond donors (Lipinski definition) is 1. The van der Waals surface area contributed by atoms with Crippen molar-refractivity contribution in [3.63, 3.8) is 0 Å². The third-order valence-electron chi connectivity index (χ3n) is 1.50. The first kappa shape index (κ1) is 13.9. The average molecular weight is 322 g/mol. The summed E-state index contributed by atoms with van der Waals surface area (Å²) in [5.74, 6) is -2.03. The molecule has 0 atom stereocenters. The Bertz CT molecular complexity index is 416. The molecule has 4 nitrogen and oxygen atoms in total. The molecule has 10 heteroatoms. The normalized spacial score (nSPS) is 11.9. The molecule has 17 heavy (non-hydrogen) atoms. The van der Waals surface area contributed by atoms with E-state index in [0.29, 0.717) is 4.68 Å². The van der Waals surface area contributed by atoms with Gasteiger partial charge in [-0.15, -0.1) is 0 Å². The standard InChI is InChI=1S/C7H5BrF5N3O/c8-3-1-16(2-7(11,12)13)15-5(3)14-6(17)4(9)10/h1,4H,2H2,(H,14,15,17). The van der Waals surface area contributed by atoms with Crippen LogP contribution in [0.5, 0.6) is 0 Å². The molecule has 0 aromatic carbocycles. The molecule has 96 valence electrons. The van der Waals surface area contributed by atoms with Gasteiger partial charge in [0.25, 0.3) is 5.91 Å². The van der Waals surface area contributed by atoms with Crippen LogP contribution in [0.2, 0.25) is 0 Å². The van der Waals surface area contributed by atoms with Crippen LogP contribution in [0.1, 0.15) is 0 Å². The molecule has 0 bridgehead atoms. The van der Waals surface area contributed by atoms with E-state index < -0.39 is 25.1 Å². The predicted molar refractivity (Wildman–Crippen MR) is 50.6 cm³/mol. The number of alkyl halides is 5. The Morgan fingerprint density at radius 3 is 2.59 bits per heavy atom. The van der Waals surface area contributed by atoms with Crippen LogP contribution in [0.15, 0.2) is 10.7 Å². The second kappa shape index (κ2) is 4.98. The van der Waals surface area contributed by atoms with Gasteiger partial charge in [-0.3, -0.25) is 9.48 Å². The second-order valence-electron chi connectivity index (χ2n) is 2.93. The monoisotopic (exact) mass is 321 g/mol. The van der Waals surface area contributed by atoms with E-state index in [0.717, 1.165) is 6.20 Å². The van der Waals surface area contributed by atoms with E-state index in [1.165, 1.54) is 0 Å². The minimum Gasteiger partial charge on any atom is -0.303 e. The number of halogens is 6. The lowest BCUT2D eigenvalue weighted by atomic mass is 10.5. The molecule has 0 saturated heterocycles. The van der Waals surface area contributed by atoms with Crippen molar-refractivity contribution in [3.8, 4) is 0 Å². The van der Waals surface area contributed by atoms with Gasteiger partial charge in [0.2, 0.25) is 0 Å². The van der Waals surface area contributed by atoms with Crippen LogP contribution in [0.3, 0.4) is 0 Å². The van der Waals surface area contributed by atoms with Crippen molar-refractivity contribution in [1.82, 2.24) is 9.78 Å². The summed E-state index contributed by atoms with van der Waals surface area (Å²) in [7, 11) is 0. The van der Waals surface area contributed by atoms with Gasteiger partial charge in [0.15, 0.2) is 5.82 Å². The molecule has 1 aromatic heterocycles. The summed E-state index contributed by atoms with van der Waals surface area (Å²) in [4.78, 5) is 10.6. The number of carbonyl (C=O) groups excluding carboxylic acids is 1. The Kier molecular flexibility index (Phi) is 4.07. The second-order valence-corrected chi connectivity index (χ2v) is 3.78. The number of nitrogens with zero attached hydrogens (tertiary/aromatic N) is 2. The molecule has 1 heterocycles. The third kappa shape index (κ3) is 4.29. The molecule has 1 amide bonds. The molecular formula is C7H5BrF5N3O. The minimum atomic E-state index is -4.49. The van der Waals surface area contributed by atoms with E-state index in [4.69, 9.17) is 0 Å². The molecular weight excluding hydrogens is 317 g/mol. The quantitative estimate of drug-likeness (QED) is 0.869. The van der Waals surface area contributed by atoms with Crippen LogP contribution in [0.4, 0.5) is 27.8 Å². The van der Waals surface area contributed by atoms with Gasteiger partial charge in [0, 0.05) is 6.20 Å². The van der Waals surface area contributed by atoms with Gasteiger partial charge in [-0.25, -0.2) is 0 Å². The summed E-state index contributed by atoms with van der Waals surface area (Å²) in [5.41, 5.74) is 0. The van der Waals surface area contributed by atoms with Crippen molar-refractivity contribution >= 4 is 27.7 Å². The van der Waals surface area contributed by atoms with Crippen LogP contribution in [-0.4, -0.2) is 28.3 Å². The van der Waals surface area contributed by atoms with Gasteiger partial charge in [-0.1, -0.05) is 0 Å². The summed E-state index contributed by atoms with van der Waals surface area (Å²) >= 11 is 2.79. The molecule has 1 aromatic rings. The fourth-order valence-electron chi connectivity index (χ4n) is 0.918. The van der Waals surface area contributed by atoms with Gasteiger partial charge in [-0.2, -0.15) is 27.1 Å². The molecule has 0 aliphatic carbocycles. The maximum atomic E-state index is 12.0. The zero-order valence-electron chi connectivity index (χ0n) is 7.93. The van der Waals surface area contributed by atoms with Gasteiger partial charge in [0.1, 0.15) is 6.54 Å². The molecule has 1 rings (SSSR count). The minimum absolute atomic E-state index is 0.0178. The molecule has 0 spiro atoms. The van der Waals surface area contributed by atoms with Crippen molar-refractivity contribution in [3.05, 3.63) is 10.7 Å². The highest BCUT2D eigenvalue weighted by Gasteiger charge is 2.29. The first-order valence-electron chi connectivity index (χ1n) is 4.08.